The lowest BCUT2D eigenvalue weighted by Gasteiger charge is -2.31. The van der Waals surface area contributed by atoms with Gasteiger partial charge in [0.05, 0.1) is 0 Å². The average molecular weight is 212 g/mol. The van der Waals surface area contributed by atoms with Crippen LogP contribution in [0.5, 0.6) is 0 Å². The normalized spacial score (nSPS) is 25.2. The van der Waals surface area contributed by atoms with E-state index in [0.29, 0.717) is 0 Å². The number of rotatable bonds is 4. The Morgan fingerprint density at radius 2 is 2.07 bits per heavy atom. The van der Waals surface area contributed by atoms with E-state index in [4.69, 9.17) is 0 Å². The third-order valence-electron chi connectivity index (χ3n) is 3.56. The molecular formula is C13H28N2. The van der Waals surface area contributed by atoms with E-state index in [2.05, 4.69) is 31.0 Å². The molecule has 0 radical (unpaired) electrons. The molecule has 1 atom stereocenters. The lowest BCUT2D eigenvalue weighted by atomic mass is 10.0. The highest BCUT2D eigenvalue weighted by Crippen LogP contribution is 2.12. The van der Waals surface area contributed by atoms with Crippen LogP contribution in [0, 0.1) is 11.8 Å². The second kappa shape index (κ2) is 7.24. The standard InChI is InChI=1S/C13H28N2/c1-4-13(5-2)11-15-8-6-7-14-9-12(3)10-15/h12-14H,4-11H2,1-3H3. The summed E-state index contributed by atoms with van der Waals surface area (Å²) in [6.07, 6.45) is 3.98. The van der Waals surface area contributed by atoms with Gasteiger partial charge >= 0.3 is 0 Å². The summed E-state index contributed by atoms with van der Waals surface area (Å²) in [6.45, 7) is 13.3. The first-order valence-electron chi connectivity index (χ1n) is 6.69. The molecule has 0 aromatic carbocycles. The fourth-order valence-electron chi connectivity index (χ4n) is 2.45. The molecule has 1 rings (SSSR count). The molecule has 0 saturated carbocycles. The second-order valence-corrected chi connectivity index (χ2v) is 5.10. The summed E-state index contributed by atoms with van der Waals surface area (Å²) in [5.74, 6) is 1.71. The fraction of sp³-hybridized carbons (Fsp3) is 1.00. The molecule has 0 aromatic rings. The first-order chi connectivity index (χ1) is 7.26. The predicted molar refractivity (Wildman–Crippen MR) is 67.2 cm³/mol. The molecule has 2 nitrogen and oxygen atoms in total. The predicted octanol–water partition coefficient (Wildman–Crippen LogP) is 2.35. The average Bonchev–Trinajstić information content (AvgIpc) is 2.21. The molecule has 0 spiro atoms. The van der Waals surface area contributed by atoms with Gasteiger partial charge in [0, 0.05) is 13.1 Å². The summed E-state index contributed by atoms with van der Waals surface area (Å²) < 4.78 is 0. The highest BCUT2D eigenvalue weighted by atomic mass is 15.1. The van der Waals surface area contributed by atoms with Crippen LogP contribution in [0.2, 0.25) is 0 Å². The minimum atomic E-state index is 0.805. The van der Waals surface area contributed by atoms with Gasteiger partial charge in [-0.3, -0.25) is 0 Å². The molecule has 0 aromatic heterocycles. The Hall–Kier alpha value is -0.0800. The summed E-state index contributed by atoms with van der Waals surface area (Å²) in [5.41, 5.74) is 0. The van der Waals surface area contributed by atoms with E-state index in [1.807, 2.05) is 0 Å². The van der Waals surface area contributed by atoms with Crippen molar-refractivity contribution in [2.45, 2.75) is 40.0 Å². The first-order valence-corrected chi connectivity index (χ1v) is 6.69. The van der Waals surface area contributed by atoms with Gasteiger partial charge in [-0.05, 0) is 37.9 Å². The van der Waals surface area contributed by atoms with E-state index >= 15 is 0 Å². The van der Waals surface area contributed by atoms with Crippen LogP contribution in [0.4, 0.5) is 0 Å². The van der Waals surface area contributed by atoms with Crippen molar-refractivity contribution < 1.29 is 0 Å². The van der Waals surface area contributed by atoms with Crippen LogP contribution in [0.3, 0.4) is 0 Å². The van der Waals surface area contributed by atoms with Crippen LogP contribution >= 0.6 is 0 Å². The zero-order chi connectivity index (χ0) is 11.1. The Morgan fingerprint density at radius 3 is 2.73 bits per heavy atom. The van der Waals surface area contributed by atoms with Gasteiger partial charge in [-0.1, -0.05) is 33.6 Å². The smallest absolute Gasteiger partial charge is 0.00193 e. The Bertz CT molecular complexity index is 155. The van der Waals surface area contributed by atoms with Gasteiger partial charge in [0.15, 0.2) is 0 Å². The van der Waals surface area contributed by atoms with Gasteiger partial charge in [0.25, 0.3) is 0 Å². The highest BCUT2D eigenvalue weighted by Gasteiger charge is 2.15. The van der Waals surface area contributed by atoms with Crippen LogP contribution in [0.15, 0.2) is 0 Å². The monoisotopic (exact) mass is 212 g/mol. The van der Waals surface area contributed by atoms with Gasteiger partial charge in [-0.2, -0.15) is 0 Å². The Labute approximate surface area is 95.4 Å². The molecule has 1 saturated heterocycles. The number of nitrogens with one attached hydrogen (secondary N) is 1. The van der Waals surface area contributed by atoms with Gasteiger partial charge in [0.1, 0.15) is 0 Å². The van der Waals surface area contributed by atoms with Crippen LogP contribution in [-0.4, -0.2) is 37.6 Å². The third kappa shape index (κ3) is 4.98. The largest absolute Gasteiger partial charge is 0.316 e. The van der Waals surface area contributed by atoms with Crippen molar-refractivity contribution in [1.29, 1.82) is 0 Å². The molecule has 0 amide bonds. The zero-order valence-electron chi connectivity index (χ0n) is 10.8. The summed E-state index contributed by atoms with van der Waals surface area (Å²) in [7, 11) is 0. The molecule has 1 aliphatic heterocycles. The van der Waals surface area contributed by atoms with Crippen LogP contribution in [0.25, 0.3) is 0 Å². The van der Waals surface area contributed by atoms with Gasteiger partial charge in [-0.25, -0.2) is 0 Å². The summed E-state index contributed by atoms with van der Waals surface area (Å²) in [6, 6.07) is 0. The van der Waals surface area contributed by atoms with E-state index in [1.54, 1.807) is 0 Å². The van der Waals surface area contributed by atoms with E-state index in [0.717, 1.165) is 11.8 Å². The van der Waals surface area contributed by atoms with Crippen molar-refractivity contribution >= 4 is 0 Å². The van der Waals surface area contributed by atoms with Crippen molar-refractivity contribution in [2.24, 2.45) is 11.8 Å². The minimum absolute atomic E-state index is 0.805. The fourth-order valence-corrected chi connectivity index (χ4v) is 2.45. The first kappa shape index (κ1) is 13.0. The van der Waals surface area contributed by atoms with Crippen LogP contribution in [0.1, 0.15) is 40.0 Å². The highest BCUT2D eigenvalue weighted by molar-refractivity contribution is 4.71. The zero-order valence-corrected chi connectivity index (χ0v) is 10.8. The van der Waals surface area contributed by atoms with Crippen molar-refractivity contribution in [2.75, 3.05) is 32.7 Å². The Kier molecular flexibility index (Phi) is 6.26. The summed E-state index contributed by atoms with van der Waals surface area (Å²) >= 11 is 0. The topological polar surface area (TPSA) is 15.3 Å². The maximum Gasteiger partial charge on any atom is 0.00193 e. The molecule has 1 fully saturated rings. The molecule has 2 heteroatoms. The van der Waals surface area contributed by atoms with Gasteiger partial charge in [0.2, 0.25) is 0 Å². The lowest BCUT2D eigenvalue weighted by Crippen LogP contribution is -2.40. The van der Waals surface area contributed by atoms with Crippen LogP contribution in [-0.2, 0) is 0 Å². The third-order valence-corrected chi connectivity index (χ3v) is 3.56. The molecule has 90 valence electrons. The van der Waals surface area contributed by atoms with E-state index < -0.39 is 0 Å². The van der Waals surface area contributed by atoms with Gasteiger partial charge in [-0.15, -0.1) is 0 Å². The maximum absolute atomic E-state index is 3.51. The molecule has 1 aliphatic rings. The molecule has 0 bridgehead atoms. The molecule has 15 heavy (non-hydrogen) atoms. The molecule has 1 N–H and O–H groups in total. The van der Waals surface area contributed by atoms with E-state index in [1.165, 1.54) is 52.0 Å². The summed E-state index contributed by atoms with van der Waals surface area (Å²) in [5, 5.41) is 3.51. The second-order valence-electron chi connectivity index (χ2n) is 5.10. The Morgan fingerprint density at radius 1 is 1.33 bits per heavy atom. The van der Waals surface area contributed by atoms with Crippen molar-refractivity contribution in [3.63, 3.8) is 0 Å². The number of hydrogen-bond donors (Lipinski definition) is 1. The molecule has 1 unspecified atom stereocenters. The van der Waals surface area contributed by atoms with E-state index in [9.17, 15) is 0 Å². The molecule has 0 aliphatic carbocycles. The van der Waals surface area contributed by atoms with Gasteiger partial charge < -0.3 is 10.2 Å². The molecular weight excluding hydrogens is 184 g/mol. The van der Waals surface area contributed by atoms with Crippen molar-refractivity contribution in [3.05, 3.63) is 0 Å². The van der Waals surface area contributed by atoms with Crippen molar-refractivity contribution in [3.8, 4) is 0 Å². The number of nitrogens with zero attached hydrogens (tertiary/aromatic N) is 1. The molecule has 1 heterocycles. The van der Waals surface area contributed by atoms with Crippen LogP contribution < -0.4 is 5.32 Å². The summed E-state index contributed by atoms with van der Waals surface area (Å²) in [4.78, 5) is 2.68. The number of hydrogen-bond acceptors (Lipinski definition) is 2. The Balaban J connectivity index is 2.35. The maximum atomic E-state index is 3.51. The minimum Gasteiger partial charge on any atom is -0.316 e. The lowest BCUT2D eigenvalue weighted by molar-refractivity contribution is 0.182. The SMILES string of the molecule is CCC(CC)CN1CCCNCC(C)C1. The quantitative estimate of drug-likeness (QED) is 0.769. The van der Waals surface area contributed by atoms with E-state index in [-0.39, 0.29) is 0 Å². The van der Waals surface area contributed by atoms with Crippen molar-refractivity contribution in [1.82, 2.24) is 10.2 Å².